The highest BCUT2D eigenvalue weighted by molar-refractivity contribution is 6.03. The molecule has 0 bridgehead atoms. The number of ketones is 1. The number of fused-ring (bicyclic) bond motifs is 1. The fourth-order valence-corrected chi connectivity index (χ4v) is 2.98. The van der Waals surface area contributed by atoms with Gasteiger partial charge in [-0.1, -0.05) is 19.9 Å². The molecule has 0 unspecified atom stereocenters. The van der Waals surface area contributed by atoms with Gasteiger partial charge in [0.05, 0.1) is 12.2 Å². The highest BCUT2D eigenvalue weighted by atomic mass is 16.4. The number of Topliss-reactive ketones (excluding diaryl/α,β-unsaturated/α-hetero) is 1. The third kappa shape index (κ3) is 2.99. The van der Waals surface area contributed by atoms with Gasteiger partial charge < -0.3 is 14.4 Å². The van der Waals surface area contributed by atoms with Crippen molar-refractivity contribution in [3.05, 3.63) is 35.3 Å². The standard InChI is InChI=1S/C17H23NO4/c1-5-6-18(7-8-19)16(21)15-11(2)14-12(20)9-17(3,4)10-13(14)22-15/h5,19H,1,6-10H2,2-4H3. The Kier molecular flexibility index (Phi) is 4.56. The largest absolute Gasteiger partial charge is 0.455 e. The maximum atomic E-state index is 12.6. The number of rotatable bonds is 5. The first-order valence-electron chi connectivity index (χ1n) is 7.47. The van der Waals surface area contributed by atoms with Gasteiger partial charge in [-0.3, -0.25) is 9.59 Å². The van der Waals surface area contributed by atoms with E-state index in [1.165, 1.54) is 4.90 Å². The van der Waals surface area contributed by atoms with Crippen LogP contribution in [0, 0.1) is 12.3 Å². The zero-order valence-electron chi connectivity index (χ0n) is 13.4. The average Bonchev–Trinajstić information content (AvgIpc) is 2.73. The third-order valence-electron chi connectivity index (χ3n) is 3.98. The van der Waals surface area contributed by atoms with Gasteiger partial charge in [0, 0.05) is 31.5 Å². The van der Waals surface area contributed by atoms with E-state index in [0.29, 0.717) is 36.3 Å². The molecule has 0 atom stereocenters. The Labute approximate surface area is 130 Å². The number of hydrogen-bond donors (Lipinski definition) is 1. The molecule has 2 rings (SSSR count). The smallest absolute Gasteiger partial charge is 0.290 e. The van der Waals surface area contributed by atoms with Gasteiger partial charge in [-0.05, 0) is 12.3 Å². The van der Waals surface area contributed by atoms with Gasteiger partial charge in [0.15, 0.2) is 11.5 Å². The number of carbonyl (C=O) groups excluding carboxylic acids is 2. The van der Waals surface area contributed by atoms with Crippen LogP contribution in [0.25, 0.3) is 0 Å². The van der Waals surface area contributed by atoms with E-state index in [1.54, 1.807) is 13.0 Å². The van der Waals surface area contributed by atoms with Crippen molar-refractivity contribution in [1.29, 1.82) is 0 Å². The molecule has 120 valence electrons. The molecule has 0 saturated carbocycles. The lowest BCUT2D eigenvalue weighted by Crippen LogP contribution is -2.33. The first kappa shape index (κ1) is 16.5. The number of amides is 1. The quantitative estimate of drug-likeness (QED) is 0.848. The number of aliphatic hydroxyl groups excluding tert-OH is 1. The van der Waals surface area contributed by atoms with Crippen LogP contribution < -0.4 is 0 Å². The second-order valence-corrected chi connectivity index (χ2v) is 6.56. The van der Waals surface area contributed by atoms with Crippen LogP contribution in [-0.4, -0.2) is 41.4 Å². The van der Waals surface area contributed by atoms with Crippen molar-refractivity contribution >= 4 is 11.7 Å². The van der Waals surface area contributed by atoms with Crippen molar-refractivity contribution in [2.24, 2.45) is 5.41 Å². The topological polar surface area (TPSA) is 70.8 Å². The Morgan fingerprint density at radius 2 is 2.14 bits per heavy atom. The first-order chi connectivity index (χ1) is 10.3. The second kappa shape index (κ2) is 6.08. The molecule has 1 amide bonds. The van der Waals surface area contributed by atoms with Crippen molar-refractivity contribution in [2.45, 2.75) is 33.6 Å². The lowest BCUT2D eigenvalue weighted by atomic mass is 9.76. The summed E-state index contributed by atoms with van der Waals surface area (Å²) in [6.07, 6.45) is 2.70. The maximum Gasteiger partial charge on any atom is 0.290 e. The predicted molar refractivity (Wildman–Crippen MR) is 83.1 cm³/mol. The monoisotopic (exact) mass is 305 g/mol. The normalized spacial score (nSPS) is 16.3. The summed E-state index contributed by atoms with van der Waals surface area (Å²) in [5.41, 5.74) is 1.01. The third-order valence-corrected chi connectivity index (χ3v) is 3.98. The zero-order valence-corrected chi connectivity index (χ0v) is 13.4. The van der Waals surface area contributed by atoms with Gasteiger partial charge in [-0.25, -0.2) is 0 Å². The summed E-state index contributed by atoms with van der Waals surface area (Å²) in [5, 5.41) is 9.09. The van der Waals surface area contributed by atoms with E-state index >= 15 is 0 Å². The summed E-state index contributed by atoms with van der Waals surface area (Å²) in [5.74, 6) is 0.520. The maximum absolute atomic E-state index is 12.6. The van der Waals surface area contributed by atoms with E-state index in [0.717, 1.165) is 0 Å². The molecule has 0 saturated heterocycles. The number of hydrogen-bond acceptors (Lipinski definition) is 4. The van der Waals surface area contributed by atoms with Crippen LogP contribution in [0.15, 0.2) is 17.1 Å². The van der Waals surface area contributed by atoms with Crippen molar-refractivity contribution in [2.75, 3.05) is 19.7 Å². The van der Waals surface area contributed by atoms with Gasteiger partial charge in [0.25, 0.3) is 5.91 Å². The van der Waals surface area contributed by atoms with Crippen molar-refractivity contribution in [1.82, 2.24) is 4.90 Å². The van der Waals surface area contributed by atoms with Crippen molar-refractivity contribution < 1.29 is 19.1 Å². The van der Waals surface area contributed by atoms with Gasteiger partial charge in [0.1, 0.15) is 5.76 Å². The van der Waals surface area contributed by atoms with E-state index < -0.39 is 0 Å². The Hall–Kier alpha value is -1.88. The molecule has 0 aliphatic heterocycles. The van der Waals surface area contributed by atoms with E-state index in [1.807, 2.05) is 13.8 Å². The van der Waals surface area contributed by atoms with Gasteiger partial charge in [-0.15, -0.1) is 6.58 Å². The number of furan rings is 1. The highest BCUT2D eigenvalue weighted by Crippen LogP contribution is 2.38. The molecule has 1 aromatic heterocycles. The van der Waals surface area contributed by atoms with Crippen molar-refractivity contribution in [3.63, 3.8) is 0 Å². The van der Waals surface area contributed by atoms with Crippen LogP contribution in [0.1, 0.15) is 52.5 Å². The van der Waals surface area contributed by atoms with Crippen molar-refractivity contribution in [3.8, 4) is 0 Å². The van der Waals surface area contributed by atoms with Crippen LogP contribution in [0.5, 0.6) is 0 Å². The molecule has 1 aliphatic rings. The van der Waals surface area contributed by atoms with E-state index in [-0.39, 0.29) is 36.0 Å². The molecule has 0 aromatic carbocycles. The number of aliphatic hydroxyl groups is 1. The fraction of sp³-hybridized carbons (Fsp3) is 0.529. The lowest BCUT2D eigenvalue weighted by Gasteiger charge is -2.27. The number of nitrogens with zero attached hydrogens (tertiary/aromatic N) is 1. The molecule has 0 fully saturated rings. The minimum absolute atomic E-state index is 0.0315. The summed E-state index contributed by atoms with van der Waals surface area (Å²) in [6.45, 7) is 9.79. The van der Waals surface area contributed by atoms with Gasteiger partial charge >= 0.3 is 0 Å². The Morgan fingerprint density at radius 3 is 2.73 bits per heavy atom. The van der Waals surface area contributed by atoms with Gasteiger partial charge in [-0.2, -0.15) is 0 Å². The van der Waals surface area contributed by atoms with Crippen LogP contribution >= 0.6 is 0 Å². The van der Waals surface area contributed by atoms with E-state index in [9.17, 15) is 9.59 Å². The fourth-order valence-electron chi connectivity index (χ4n) is 2.98. The molecule has 22 heavy (non-hydrogen) atoms. The molecular formula is C17H23NO4. The SMILES string of the molecule is C=CCN(CCO)C(=O)c1oc2c(c1C)C(=O)CC(C)(C)C2. The molecule has 1 N–H and O–H groups in total. The second-order valence-electron chi connectivity index (χ2n) is 6.56. The summed E-state index contributed by atoms with van der Waals surface area (Å²) >= 11 is 0. The summed E-state index contributed by atoms with van der Waals surface area (Å²) < 4.78 is 5.75. The molecule has 0 spiro atoms. The van der Waals surface area contributed by atoms with Crippen LogP contribution in [0.4, 0.5) is 0 Å². The molecule has 5 heteroatoms. The zero-order chi connectivity index (χ0) is 16.5. The lowest BCUT2D eigenvalue weighted by molar-refractivity contribution is 0.0705. The van der Waals surface area contributed by atoms with E-state index in [2.05, 4.69) is 6.58 Å². The molecule has 1 aliphatic carbocycles. The summed E-state index contributed by atoms with van der Waals surface area (Å²) in [4.78, 5) is 26.4. The highest BCUT2D eigenvalue weighted by Gasteiger charge is 2.37. The Balaban J connectivity index is 2.40. The number of carbonyl (C=O) groups is 2. The molecule has 5 nitrogen and oxygen atoms in total. The first-order valence-corrected chi connectivity index (χ1v) is 7.47. The summed E-state index contributed by atoms with van der Waals surface area (Å²) in [7, 11) is 0. The average molecular weight is 305 g/mol. The van der Waals surface area contributed by atoms with Gasteiger partial charge in [0.2, 0.25) is 0 Å². The minimum atomic E-state index is -0.313. The molecule has 1 heterocycles. The molecular weight excluding hydrogens is 282 g/mol. The summed E-state index contributed by atoms with van der Waals surface area (Å²) in [6, 6.07) is 0. The molecule has 0 radical (unpaired) electrons. The Bertz CT molecular complexity index is 612. The van der Waals surface area contributed by atoms with E-state index in [4.69, 9.17) is 9.52 Å². The Morgan fingerprint density at radius 1 is 1.45 bits per heavy atom. The minimum Gasteiger partial charge on any atom is -0.455 e. The van der Waals surface area contributed by atoms with Crippen LogP contribution in [0.3, 0.4) is 0 Å². The van der Waals surface area contributed by atoms with Crippen LogP contribution in [-0.2, 0) is 6.42 Å². The van der Waals surface area contributed by atoms with Crippen LogP contribution in [0.2, 0.25) is 0 Å². The molecule has 1 aromatic rings. The predicted octanol–water partition coefficient (Wildman–Crippen LogP) is 2.36.